The summed E-state index contributed by atoms with van der Waals surface area (Å²) in [4.78, 5) is 13.5. The van der Waals surface area contributed by atoms with Gasteiger partial charge in [0.15, 0.2) is 0 Å². The van der Waals surface area contributed by atoms with Crippen molar-refractivity contribution in [2.45, 2.75) is 32.6 Å². The predicted molar refractivity (Wildman–Crippen MR) is 60.7 cm³/mol. The van der Waals surface area contributed by atoms with Gasteiger partial charge in [0.1, 0.15) is 0 Å². The standard InChI is InChI=1S/C12H21NO2/c1-11(2)12(14)15-10-6-5-9-13-7-3-4-8-13/h1,3-10H2,2H3. The molecular formula is C12H21NO2. The summed E-state index contributed by atoms with van der Waals surface area (Å²) in [6, 6.07) is 0. The molecule has 0 N–H and O–H groups in total. The lowest BCUT2D eigenvalue weighted by Crippen LogP contribution is -2.20. The third kappa shape index (κ3) is 4.98. The number of carbonyl (C=O) groups is 1. The van der Waals surface area contributed by atoms with Crippen molar-refractivity contribution in [3.63, 3.8) is 0 Å². The van der Waals surface area contributed by atoms with E-state index in [9.17, 15) is 4.79 Å². The van der Waals surface area contributed by atoms with Gasteiger partial charge >= 0.3 is 5.97 Å². The summed E-state index contributed by atoms with van der Waals surface area (Å²) in [5.41, 5.74) is 0.481. The van der Waals surface area contributed by atoms with Gasteiger partial charge in [0, 0.05) is 5.57 Å². The van der Waals surface area contributed by atoms with E-state index in [1.54, 1.807) is 6.92 Å². The first-order valence-electron chi connectivity index (χ1n) is 5.75. The second kappa shape index (κ2) is 6.62. The van der Waals surface area contributed by atoms with Crippen LogP contribution in [0, 0.1) is 0 Å². The van der Waals surface area contributed by atoms with Gasteiger partial charge in [-0.3, -0.25) is 0 Å². The largest absolute Gasteiger partial charge is 0.462 e. The van der Waals surface area contributed by atoms with Crippen LogP contribution in [0.2, 0.25) is 0 Å². The van der Waals surface area contributed by atoms with E-state index in [2.05, 4.69) is 11.5 Å². The van der Waals surface area contributed by atoms with Gasteiger partial charge in [-0.25, -0.2) is 4.79 Å². The third-order valence-corrected chi connectivity index (χ3v) is 2.65. The molecule has 0 bridgehead atoms. The molecule has 0 atom stereocenters. The number of nitrogens with zero attached hydrogens (tertiary/aromatic N) is 1. The van der Waals surface area contributed by atoms with Crippen molar-refractivity contribution in [2.75, 3.05) is 26.2 Å². The Bertz CT molecular complexity index is 220. The highest BCUT2D eigenvalue weighted by Gasteiger charge is 2.10. The lowest BCUT2D eigenvalue weighted by atomic mass is 10.3. The zero-order valence-corrected chi connectivity index (χ0v) is 9.63. The molecular weight excluding hydrogens is 190 g/mol. The van der Waals surface area contributed by atoms with Crippen molar-refractivity contribution in [1.29, 1.82) is 0 Å². The predicted octanol–water partition coefficient (Wildman–Crippen LogP) is 1.98. The van der Waals surface area contributed by atoms with Crippen LogP contribution in [0.5, 0.6) is 0 Å². The normalized spacial score (nSPS) is 16.6. The topological polar surface area (TPSA) is 29.5 Å². The molecule has 0 aromatic heterocycles. The van der Waals surface area contributed by atoms with E-state index in [0.717, 1.165) is 19.4 Å². The summed E-state index contributed by atoms with van der Waals surface area (Å²) < 4.78 is 5.01. The first-order chi connectivity index (χ1) is 7.20. The van der Waals surface area contributed by atoms with Crippen molar-refractivity contribution in [2.24, 2.45) is 0 Å². The third-order valence-electron chi connectivity index (χ3n) is 2.65. The fraction of sp³-hybridized carbons (Fsp3) is 0.750. The minimum absolute atomic E-state index is 0.267. The van der Waals surface area contributed by atoms with Crippen molar-refractivity contribution in [1.82, 2.24) is 4.90 Å². The highest BCUT2D eigenvalue weighted by Crippen LogP contribution is 2.08. The summed E-state index contributed by atoms with van der Waals surface area (Å²) in [7, 11) is 0. The van der Waals surface area contributed by atoms with E-state index in [0.29, 0.717) is 12.2 Å². The summed E-state index contributed by atoms with van der Waals surface area (Å²) in [5, 5.41) is 0. The maximum Gasteiger partial charge on any atom is 0.333 e. The summed E-state index contributed by atoms with van der Waals surface area (Å²) in [6.45, 7) is 9.36. The molecule has 1 aliphatic rings. The molecule has 0 spiro atoms. The van der Waals surface area contributed by atoms with Crippen LogP contribution >= 0.6 is 0 Å². The van der Waals surface area contributed by atoms with Gasteiger partial charge in [-0.05, 0) is 52.2 Å². The molecule has 1 rings (SSSR count). The first-order valence-corrected chi connectivity index (χ1v) is 5.75. The molecule has 15 heavy (non-hydrogen) atoms. The number of rotatable bonds is 6. The van der Waals surface area contributed by atoms with Crippen molar-refractivity contribution >= 4 is 5.97 Å². The van der Waals surface area contributed by atoms with Gasteiger partial charge in [-0.15, -0.1) is 0 Å². The molecule has 3 heteroatoms. The molecule has 1 saturated heterocycles. The number of carbonyl (C=O) groups excluding carboxylic acids is 1. The average Bonchev–Trinajstić information content (AvgIpc) is 2.69. The van der Waals surface area contributed by atoms with E-state index in [4.69, 9.17) is 4.74 Å². The van der Waals surface area contributed by atoms with E-state index in [1.807, 2.05) is 0 Å². The number of unbranched alkanes of at least 4 members (excludes halogenated alkanes) is 1. The van der Waals surface area contributed by atoms with Gasteiger partial charge in [-0.2, -0.15) is 0 Å². The van der Waals surface area contributed by atoms with E-state index in [-0.39, 0.29) is 5.97 Å². The molecule has 0 amide bonds. The van der Waals surface area contributed by atoms with Gasteiger partial charge in [0.25, 0.3) is 0 Å². The lowest BCUT2D eigenvalue weighted by Gasteiger charge is -2.13. The first kappa shape index (κ1) is 12.2. The minimum atomic E-state index is -0.267. The highest BCUT2D eigenvalue weighted by atomic mass is 16.5. The minimum Gasteiger partial charge on any atom is -0.462 e. The molecule has 0 aliphatic carbocycles. The van der Waals surface area contributed by atoms with Crippen LogP contribution in [0.15, 0.2) is 12.2 Å². The van der Waals surface area contributed by atoms with Crippen LogP contribution in [-0.4, -0.2) is 37.1 Å². The van der Waals surface area contributed by atoms with Crippen LogP contribution < -0.4 is 0 Å². The van der Waals surface area contributed by atoms with Crippen LogP contribution in [0.3, 0.4) is 0 Å². The van der Waals surface area contributed by atoms with E-state index >= 15 is 0 Å². The highest BCUT2D eigenvalue weighted by molar-refractivity contribution is 5.86. The zero-order chi connectivity index (χ0) is 11.1. The summed E-state index contributed by atoms with van der Waals surface area (Å²) >= 11 is 0. The Kier molecular flexibility index (Phi) is 5.40. The summed E-state index contributed by atoms with van der Waals surface area (Å²) in [6.07, 6.45) is 4.74. The van der Waals surface area contributed by atoms with Crippen LogP contribution in [0.1, 0.15) is 32.6 Å². The van der Waals surface area contributed by atoms with Crippen LogP contribution in [-0.2, 0) is 9.53 Å². The van der Waals surface area contributed by atoms with Crippen molar-refractivity contribution < 1.29 is 9.53 Å². The smallest absolute Gasteiger partial charge is 0.333 e. The number of esters is 1. The molecule has 1 heterocycles. The molecule has 0 radical (unpaired) electrons. The van der Waals surface area contributed by atoms with Gasteiger partial charge < -0.3 is 9.64 Å². The van der Waals surface area contributed by atoms with Crippen LogP contribution in [0.4, 0.5) is 0 Å². The Morgan fingerprint density at radius 2 is 2.00 bits per heavy atom. The van der Waals surface area contributed by atoms with Gasteiger partial charge in [0.05, 0.1) is 6.61 Å². The quantitative estimate of drug-likeness (QED) is 0.382. The molecule has 0 saturated carbocycles. The second-order valence-electron chi connectivity index (χ2n) is 4.17. The SMILES string of the molecule is C=C(C)C(=O)OCCCCN1CCCC1. The Morgan fingerprint density at radius 1 is 1.33 bits per heavy atom. The number of likely N-dealkylation sites (tertiary alicyclic amines) is 1. The molecule has 86 valence electrons. The van der Waals surface area contributed by atoms with Crippen molar-refractivity contribution in [3.8, 4) is 0 Å². The maximum atomic E-state index is 11.0. The number of ether oxygens (including phenoxy) is 1. The Morgan fingerprint density at radius 3 is 2.60 bits per heavy atom. The van der Waals surface area contributed by atoms with E-state index < -0.39 is 0 Å². The second-order valence-corrected chi connectivity index (χ2v) is 4.17. The van der Waals surface area contributed by atoms with E-state index in [1.165, 1.54) is 25.9 Å². The fourth-order valence-corrected chi connectivity index (χ4v) is 1.73. The zero-order valence-electron chi connectivity index (χ0n) is 9.63. The molecule has 0 unspecified atom stereocenters. The Labute approximate surface area is 92.1 Å². The molecule has 0 aromatic rings. The molecule has 0 aromatic carbocycles. The molecule has 3 nitrogen and oxygen atoms in total. The fourth-order valence-electron chi connectivity index (χ4n) is 1.73. The Hall–Kier alpha value is -0.830. The summed E-state index contributed by atoms with van der Waals surface area (Å²) in [5.74, 6) is -0.267. The van der Waals surface area contributed by atoms with Gasteiger partial charge in [-0.1, -0.05) is 6.58 Å². The van der Waals surface area contributed by atoms with Gasteiger partial charge in [0.2, 0.25) is 0 Å². The lowest BCUT2D eigenvalue weighted by molar-refractivity contribution is -0.139. The maximum absolute atomic E-state index is 11.0. The monoisotopic (exact) mass is 211 g/mol. The number of hydrogen-bond acceptors (Lipinski definition) is 3. The van der Waals surface area contributed by atoms with Crippen LogP contribution in [0.25, 0.3) is 0 Å². The average molecular weight is 211 g/mol. The molecule has 1 fully saturated rings. The Balaban J connectivity index is 1.92. The number of hydrogen-bond donors (Lipinski definition) is 0. The molecule has 1 aliphatic heterocycles. The van der Waals surface area contributed by atoms with Crippen molar-refractivity contribution in [3.05, 3.63) is 12.2 Å².